The van der Waals surface area contributed by atoms with Crippen molar-refractivity contribution in [2.75, 3.05) is 26.2 Å². The number of hydrogen-bond acceptors (Lipinski definition) is 5. The van der Waals surface area contributed by atoms with Gasteiger partial charge in [0, 0.05) is 32.7 Å². The highest BCUT2D eigenvalue weighted by Crippen LogP contribution is 2.37. The Bertz CT molecular complexity index is 828. The van der Waals surface area contributed by atoms with Crippen LogP contribution in [0.1, 0.15) is 29.8 Å². The molecule has 0 unspecified atom stereocenters. The van der Waals surface area contributed by atoms with Crippen molar-refractivity contribution >= 4 is 5.91 Å². The number of morpholine rings is 1. The molecule has 3 aliphatic rings. The number of ether oxygens (including phenoxy) is 1. The number of fused-ring (bicyclic) bond motifs is 2. The number of piperidine rings is 1. The van der Waals surface area contributed by atoms with Gasteiger partial charge in [0.25, 0.3) is 0 Å². The molecule has 148 valence electrons. The van der Waals surface area contributed by atoms with E-state index in [1.54, 1.807) is 0 Å². The van der Waals surface area contributed by atoms with E-state index in [1.165, 1.54) is 5.69 Å². The molecule has 2 aromatic rings. The van der Waals surface area contributed by atoms with E-state index in [0.717, 1.165) is 63.4 Å². The SMILES string of the molecule is O=C1CO[C@@H]2CN(Cc3cc4n(n3)CCCNC4)CC[C@@]2(c2ccccc2)N1. The Kier molecular flexibility index (Phi) is 4.66. The van der Waals surface area contributed by atoms with Crippen LogP contribution in [-0.2, 0) is 34.7 Å². The van der Waals surface area contributed by atoms with Crippen LogP contribution in [0.3, 0.4) is 0 Å². The van der Waals surface area contributed by atoms with Crippen molar-refractivity contribution in [3.8, 4) is 0 Å². The van der Waals surface area contributed by atoms with Gasteiger partial charge >= 0.3 is 0 Å². The number of nitrogens with one attached hydrogen (secondary N) is 2. The number of carbonyl (C=O) groups excluding carboxylic acids is 1. The van der Waals surface area contributed by atoms with Crippen LogP contribution in [0.2, 0.25) is 0 Å². The van der Waals surface area contributed by atoms with Crippen molar-refractivity contribution in [2.24, 2.45) is 0 Å². The summed E-state index contributed by atoms with van der Waals surface area (Å²) < 4.78 is 8.17. The second-order valence-corrected chi connectivity index (χ2v) is 8.05. The van der Waals surface area contributed by atoms with E-state index in [0.29, 0.717) is 0 Å². The predicted octanol–water partition coefficient (Wildman–Crippen LogP) is 0.993. The Hall–Kier alpha value is -2.22. The minimum absolute atomic E-state index is 0.0288. The number of hydrogen-bond donors (Lipinski definition) is 2. The number of amides is 1. The molecule has 4 heterocycles. The second kappa shape index (κ2) is 7.31. The Balaban J connectivity index is 1.34. The minimum atomic E-state index is -0.428. The topological polar surface area (TPSA) is 71.4 Å². The van der Waals surface area contributed by atoms with E-state index in [9.17, 15) is 4.79 Å². The Morgan fingerprint density at radius 2 is 2.14 bits per heavy atom. The third-order valence-electron chi connectivity index (χ3n) is 6.19. The van der Waals surface area contributed by atoms with Crippen LogP contribution in [0, 0.1) is 0 Å². The molecule has 7 heteroatoms. The fourth-order valence-electron chi connectivity index (χ4n) is 4.79. The molecule has 0 saturated carbocycles. The van der Waals surface area contributed by atoms with E-state index in [2.05, 4.69) is 38.4 Å². The molecule has 1 aromatic carbocycles. The molecule has 0 aliphatic carbocycles. The standard InChI is InChI=1S/C21H27N5O2/c27-20-15-28-19-14-25(10-7-21(19,23-20)16-5-2-1-3-6-16)13-17-11-18-12-22-8-4-9-26(18)24-17/h1-3,5-6,11,19,22H,4,7-10,12-15H2,(H,23,27)/t19-,21+/m1/s1. The molecular formula is C21H27N5O2. The van der Waals surface area contributed by atoms with Crippen molar-refractivity contribution in [3.63, 3.8) is 0 Å². The Morgan fingerprint density at radius 1 is 1.25 bits per heavy atom. The molecule has 0 radical (unpaired) electrons. The molecule has 1 amide bonds. The van der Waals surface area contributed by atoms with Gasteiger partial charge in [0.05, 0.1) is 23.0 Å². The van der Waals surface area contributed by atoms with Gasteiger partial charge in [-0.05, 0) is 31.0 Å². The van der Waals surface area contributed by atoms with Crippen LogP contribution in [0.15, 0.2) is 36.4 Å². The summed E-state index contributed by atoms with van der Waals surface area (Å²) in [5, 5.41) is 11.5. The molecule has 0 bridgehead atoms. The molecule has 0 spiro atoms. The summed E-state index contributed by atoms with van der Waals surface area (Å²) in [6.45, 7) is 5.57. The number of rotatable bonds is 3. The highest BCUT2D eigenvalue weighted by atomic mass is 16.5. The zero-order chi connectivity index (χ0) is 19.0. The summed E-state index contributed by atoms with van der Waals surface area (Å²) >= 11 is 0. The van der Waals surface area contributed by atoms with Crippen LogP contribution in [0.25, 0.3) is 0 Å². The van der Waals surface area contributed by atoms with Gasteiger partial charge in [0.1, 0.15) is 6.61 Å². The summed E-state index contributed by atoms with van der Waals surface area (Å²) in [6, 6.07) is 12.5. The molecule has 28 heavy (non-hydrogen) atoms. The van der Waals surface area contributed by atoms with E-state index in [1.807, 2.05) is 18.2 Å². The summed E-state index contributed by atoms with van der Waals surface area (Å²) in [7, 11) is 0. The second-order valence-electron chi connectivity index (χ2n) is 8.05. The number of carbonyl (C=O) groups is 1. The van der Waals surface area contributed by atoms with Crippen molar-refractivity contribution in [2.45, 2.75) is 44.1 Å². The van der Waals surface area contributed by atoms with Gasteiger partial charge in [-0.25, -0.2) is 0 Å². The number of nitrogens with zero attached hydrogens (tertiary/aromatic N) is 3. The smallest absolute Gasteiger partial charge is 0.246 e. The van der Waals surface area contributed by atoms with Crippen LogP contribution in [0.4, 0.5) is 0 Å². The van der Waals surface area contributed by atoms with Crippen molar-refractivity contribution in [3.05, 3.63) is 53.3 Å². The van der Waals surface area contributed by atoms with E-state index in [4.69, 9.17) is 9.84 Å². The average Bonchev–Trinajstić information content (AvgIpc) is 2.96. The maximum absolute atomic E-state index is 12.1. The van der Waals surface area contributed by atoms with Crippen LogP contribution in [0.5, 0.6) is 0 Å². The largest absolute Gasteiger partial charge is 0.364 e. The third kappa shape index (κ3) is 3.23. The van der Waals surface area contributed by atoms with Gasteiger partial charge in [-0.15, -0.1) is 0 Å². The van der Waals surface area contributed by atoms with Gasteiger partial charge in [-0.2, -0.15) is 5.10 Å². The zero-order valence-electron chi connectivity index (χ0n) is 16.1. The summed E-state index contributed by atoms with van der Waals surface area (Å²) in [5.41, 5.74) is 3.09. The fourth-order valence-corrected chi connectivity index (χ4v) is 4.79. The molecule has 2 N–H and O–H groups in total. The first kappa shape index (κ1) is 17.8. The zero-order valence-corrected chi connectivity index (χ0v) is 16.1. The van der Waals surface area contributed by atoms with Gasteiger partial charge in [-0.3, -0.25) is 14.4 Å². The maximum atomic E-state index is 12.1. The van der Waals surface area contributed by atoms with Crippen LogP contribution < -0.4 is 10.6 Å². The fraction of sp³-hybridized carbons (Fsp3) is 0.524. The highest BCUT2D eigenvalue weighted by molar-refractivity contribution is 5.79. The Labute approximate surface area is 165 Å². The van der Waals surface area contributed by atoms with Gasteiger partial charge in [0.15, 0.2) is 0 Å². The molecule has 3 aliphatic heterocycles. The first-order valence-electron chi connectivity index (χ1n) is 10.2. The lowest BCUT2D eigenvalue weighted by Gasteiger charge is -2.50. The summed E-state index contributed by atoms with van der Waals surface area (Å²) in [5.74, 6) is -0.0288. The predicted molar refractivity (Wildman–Crippen MR) is 104 cm³/mol. The minimum Gasteiger partial charge on any atom is -0.364 e. The molecule has 2 fully saturated rings. The van der Waals surface area contributed by atoms with Crippen LogP contribution in [-0.4, -0.2) is 52.9 Å². The summed E-state index contributed by atoms with van der Waals surface area (Å²) in [4.78, 5) is 14.5. The molecule has 2 atom stereocenters. The van der Waals surface area contributed by atoms with Gasteiger partial charge in [-0.1, -0.05) is 30.3 Å². The quantitative estimate of drug-likeness (QED) is 0.830. The average molecular weight is 381 g/mol. The molecule has 7 nitrogen and oxygen atoms in total. The van der Waals surface area contributed by atoms with Gasteiger partial charge in [0.2, 0.25) is 5.91 Å². The van der Waals surface area contributed by atoms with Crippen molar-refractivity contribution in [1.82, 2.24) is 25.3 Å². The number of aromatic nitrogens is 2. The molecular weight excluding hydrogens is 354 g/mol. The van der Waals surface area contributed by atoms with E-state index in [-0.39, 0.29) is 18.6 Å². The molecule has 5 rings (SSSR count). The normalized spacial score (nSPS) is 28.1. The first-order valence-corrected chi connectivity index (χ1v) is 10.2. The van der Waals surface area contributed by atoms with E-state index < -0.39 is 5.54 Å². The highest BCUT2D eigenvalue weighted by Gasteiger charge is 2.49. The number of benzene rings is 1. The number of aryl methyl sites for hydroxylation is 1. The van der Waals surface area contributed by atoms with Crippen LogP contribution >= 0.6 is 0 Å². The molecule has 2 saturated heterocycles. The summed E-state index contributed by atoms with van der Waals surface area (Å²) in [6.07, 6.45) is 1.90. The lowest BCUT2D eigenvalue weighted by molar-refractivity contribution is -0.152. The lowest BCUT2D eigenvalue weighted by Crippen LogP contribution is -2.66. The lowest BCUT2D eigenvalue weighted by atomic mass is 9.77. The molecule has 1 aromatic heterocycles. The van der Waals surface area contributed by atoms with Gasteiger partial charge < -0.3 is 15.4 Å². The third-order valence-corrected chi connectivity index (χ3v) is 6.19. The maximum Gasteiger partial charge on any atom is 0.246 e. The van der Waals surface area contributed by atoms with E-state index >= 15 is 0 Å². The van der Waals surface area contributed by atoms with Crippen molar-refractivity contribution in [1.29, 1.82) is 0 Å². The number of likely N-dealkylation sites (tertiary alicyclic amines) is 1. The Morgan fingerprint density at radius 3 is 3.04 bits per heavy atom. The monoisotopic (exact) mass is 381 g/mol. The first-order chi connectivity index (χ1) is 13.7. The van der Waals surface area contributed by atoms with Crippen molar-refractivity contribution < 1.29 is 9.53 Å².